The Morgan fingerprint density at radius 3 is 2.32 bits per heavy atom. The van der Waals surface area contributed by atoms with Gasteiger partial charge >= 0.3 is 0 Å². The van der Waals surface area contributed by atoms with Crippen LogP contribution in [0.5, 0.6) is 0 Å². The van der Waals surface area contributed by atoms with E-state index in [0.29, 0.717) is 23.4 Å². The molecule has 0 aliphatic carbocycles. The molecule has 0 unspecified atom stereocenters. The van der Waals surface area contributed by atoms with Crippen LogP contribution in [-0.2, 0) is 0 Å². The van der Waals surface area contributed by atoms with Gasteiger partial charge in [0.1, 0.15) is 11.5 Å². The maximum atomic E-state index is 12.7. The molecule has 3 N–H and O–H groups in total. The van der Waals surface area contributed by atoms with Gasteiger partial charge in [-0.3, -0.25) is 4.79 Å². The van der Waals surface area contributed by atoms with Crippen molar-refractivity contribution in [2.75, 3.05) is 19.6 Å². The quantitative estimate of drug-likeness (QED) is 0.337. The topological polar surface area (TPSA) is 81.2 Å². The average molecular weight is 386 g/mol. The first-order valence-corrected chi connectivity index (χ1v) is 10.7. The van der Waals surface area contributed by atoms with Crippen LogP contribution >= 0.6 is 0 Å². The third kappa shape index (κ3) is 7.56. The van der Waals surface area contributed by atoms with E-state index in [1.165, 1.54) is 32.1 Å². The number of hydrogen-bond acceptors (Lipinski definition) is 5. The molecule has 2 rings (SSSR count). The normalized spacial score (nSPS) is 11.1. The number of carbonyl (C=O) groups excluding carboxylic acids is 1. The highest BCUT2D eigenvalue weighted by atomic mass is 16.5. The van der Waals surface area contributed by atoms with Gasteiger partial charge in [-0.25, -0.2) is 0 Å². The van der Waals surface area contributed by atoms with Gasteiger partial charge in [-0.05, 0) is 45.8 Å². The smallest absolute Gasteiger partial charge is 0.168 e. The molecule has 1 aromatic carbocycles. The Morgan fingerprint density at radius 2 is 1.61 bits per heavy atom. The Labute approximate surface area is 169 Å². The molecule has 5 heteroatoms. The molecule has 154 valence electrons. The number of ketones is 1. The fourth-order valence-electron chi connectivity index (χ4n) is 3.39. The number of Topliss-reactive ketones (excluding diaryl/α,β-unsaturated/α-hetero) is 1. The van der Waals surface area contributed by atoms with E-state index in [1.807, 2.05) is 37.3 Å². The van der Waals surface area contributed by atoms with Gasteiger partial charge in [0.2, 0.25) is 0 Å². The SMILES string of the molecule is Cc1onc(-c2ccccc2)c1C(=O)CCCCCCCCCNCCCN. The fourth-order valence-corrected chi connectivity index (χ4v) is 3.39. The Kier molecular flexibility index (Phi) is 10.5. The number of unbranched alkanes of at least 4 members (excludes halogenated alkanes) is 6. The third-order valence-corrected chi connectivity index (χ3v) is 5.00. The molecule has 28 heavy (non-hydrogen) atoms. The van der Waals surface area contributed by atoms with Crippen LogP contribution in [-0.4, -0.2) is 30.6 Å². The van der Waals surface area contributed by atoms with E-state index >= 15 is 0 Å². The molecule has 0 spiro atoms. The Bertz CT molecular complexity index is 682. The molecule has 0 saturated carbocycles. The molecular weight excluding hydrogens is 350 g/mol. The molecule has 0 amide bonds. The maximum Gasteiger partial charge on any atom is 0.168 e. The van der Waals surface area contributed by atoms with Crippen LogP contribution in [0.25, 0.3) is 11.3 Å². The number of aromatic nitrogens is 1. The van der Waals surface area contributed by atoms with Crippen LogP contribution in [0.4, 0.5) is 0 Å². The summed E-state index contributed by atoms with van der Waals surface area (Å²) in [7, 11) is 0. The van der Waals surface area contributed by atoms with Crippen molar-refractivity contribution in [2.45, 2.75) is 64.7 Å². The lowest BCUT2D eigenvalue weighted by atomic mass is 9.99. The Morgan fingerprint density at radius 1 is 0.964 bits per heavy atom. The van der Waals surface area contributed by atoms with Gasteiger partial charge in [-0.1, -0.05) is 67.6 Å². The largest absolute Gasteiger partial charge is 0.360 e. The van der Waals surface area contributed by atoms with Crippen molar-refractivity contribution < 1.29 is 9.32 Å². The summed E-state index contributed by atoms with van der Waals surface area (Å²) in [5.41, 5.74) is 7.71. The number of aryl methyl sites for hydroxylation is 1. The van der Waals surface area contributed by atoms with Crippen molar-refractivity contribution in [1.82, 2.24) is 10.5 Å². The van der Waals surface area contributed by atoms with Crippen molar-refractivity contribution in [3.63, 3.8) is 0 Å². The highest BCUT2D eigenvalue weighted by Gasteiger charge is 2.20. The van der Waals surface area contributed by atoms with Gasteiger partial charge in [0.15, 0.2) is 5.78 Å². The molecule has 0 saturated heterocycles. The van der Waals surface area contributed by atoms with E-state index in [1.54, 1.807) is 0 Å². The van der Waals surface area contributed by atoms with Crippen LogP contribution in [0.3, 0.4) is 0 Å². The summed E-state index contributed by atoms with van der Waals surface area (Å²) in [5.74, 6) is 0.755. The summed E-state index contributed by atoms with van der Waals surface area (Å²) < 4.78 is 5.30. The van der Waals surface area contributed by atoms with Crippen molar-refractivity contribution >= 4 is 5.78 Å². The fraction of sp³-hybridized carbons (Fsp3) is 0.565. The number of carbonyl (C=O) groups is 1. The van der Waals surface area contributed by atoms with E-state index in [0.717, 1.165) is 44.5 Å². The van der Waals surface area contributed by atoms with E-state index in [2.05, 4.69) is 10.5 Å². The van der Waals surface area contributed by atoms with Crippen LogP contribution in [0.15, 0.2) is 34.9 Å². The lowest BCUT2D eigenvalue weighted by Gasteiger charge is -2.05. The molecule has 5 nitrogen and oxygen atoms in total. The third-order valence-electron chi connectivity index (χ3n) is 5.00. The first kappa shape index (κ1) is 22.3. The number of benzene rings is 1. The molecule has 0 bridgehead atoms. The molecule has 1 heterocycles. The second-order valence-corrected chi connectivity index (χ2v) is 7.37. The summed E-state index contributed by atoms with van der Waals surface area (Å²) in [5, 5.41) is 7.52. The zero-order valence-corrected chi connectivity index (χ0v) is 17.2. The van der Waals surface area contributed by atoms with Gasteiger partial charge in [0, 0.05) is 12.0 Å². The lowest BCUT2D eigenvalue weighted by molar-refractivity contribution is 0.0978. The average Bonchev–Trinajstić information content (AvgIpc) is 3.11. The Balaban J connectivity index is 1.60. The van der Waals surface area contributed by atoms with Gasteiger partial charge in [0.05, 0.1) is 5.56 Å². The Hall–Kier alpha value is -1.98. The zero-order valence-electron chi connectivity index (χ0n) is 17.2. The van der Waals surface area contributed by atoms with Gasteiger partial charge in [-0.15, -0.1) is 0 Å². The van der Waals surface area contributed by atoms with Gasteiger partial charge in [0.25, 0.3) is 0 Å². The van der Waals surface area contributed by atoms with Crippen molar-refractivity contribution in [3.8, 4) is 11.3 Å². The van der Waals surface area contributed by atoms with E-state index in [4.69, 9.17) is 10.3 Å². The second kappa shape index (κ2) is 13.2. The van der Waals surface area contributed by atoms with Gasteiger partial charge in [-0.2, -0.15) is 0 Å². The number of nitrogens with zero attached hydrogens (tertiary/aromatic N) is 1. The number of rotatable bonds is 15. The van der Waals surface area contributed by atoms with Crippen molar-refractivity contribution in [2.24, 2.45) is 5.73 Å². The standard InChI is InChI=1S/C23H35N3O2/c1-19-22(23(26-28-19)20-13-8-7-9-14-20)21(27)15-10-5-3-2-4-6-11-17-25-18-12-16-24/h7-9,13-14,25H,2-6,10-12,15-18,24H2,1H3. The highest BCUT2D eigenvalue weighted by molar-refractivity contribution is 6.02. The summed E-state index contributed by atoms with van der Waals surface area (Å²) in [6, 6.07) is 9.77. The summed E-state index contributed by atoms with van der Waals surface area (Å²) >= 11 is 0. The van der Waals surface area contributed by atoms with Crippen LogP contribution in [0.1, 0.15) is 73.9 Å². The summed E-state index contributed by atoms with van der Waals surface area (Å²) in [6.07, 6.45) is 9.87. The van der Waals surface area contributed by atoms with Gasteiger partial charge < -0.3 is 15.6 Å². The maximum absolute atomic E-state index is 12.7. The van der Waals surface area contributed by atoms with Crippen LogP contribution in [0, 0.1) is 6.92 Å². The number of nitrogens with one attached hydrogen (secondary N) is 1. The summed E-state index contributed by atoms with van der Waals surface area (Å²) in [6.45, 7) is 4.70. The van der Waals surface area contributed by atoms with Crippen LogP contribution < -0.4 is 11.1 Å². The second-order valence-electron chi connectivity index (χ2n) is 7.37. The minimum absolute atomic E-state index is 0.140. The molecule has 0 aliphatic heterocycles. The molecular formula is C23H35N3O2. The molecule has 0 aliphatic rings. The molecule has 0 atom stereocenters. The highest BCUT2D eigenvalue weighted by Crippen LogP contribution is 2.26. The monoisotopic (exact) mass is 385 g/mol. The molecule has 0 fully saturated rings. The minimum atomic E-state index is 0.140. The summed E-state index contributed by atoms with van der Waals surface area (Å²) in [4.78, 5) is 12.7. The van der Waals surface area contributed by atoms with Crippen molar-refractivity contribution in [1.29, 1.82) is 0 Å². The number of nitrogens with two attached hydrogens (primary N) is 1. The molecule has 1 aromatic heterocycles. The first-order valence-electron chi connectivity index (χ1n) is 10.7. The molecule has 2 aromatic rings. The number of hydrogen-bond donors (Lipinski definition) is 2. The van der Waals surface area contributed by atoms with Crippen molar-refractivity contribution in [3.05, 3.63) is 41.7 Å². The van der Waals surface area contributed by atoms with Crippen LogP contribution in [0.2, 0.25) is 0 Å². The first-order chi connectivity index (χ1) is 13.7. The predicted molar refractivity (Wildman–Crippen MR) is 114 cm³/mol. The minimum Gasteiger partial charge on any atom is -0.360 e. The zero-order chi connectivity index (χ0) is 20.0. The van der Waals surface area contributed by atoms with E-state index < -0.39 is 0 Å². The lowest BCUT2D eigenvalue weighted by Crippen LogP contribution is -2.19. The predicted octanol–water partition coefficient (Wildman–Crippen LogP) is 4.89. The molecule has 0 radical (unpaired) electrons. The van der Waals surface area contributed by atoms with E-state index in [9.17, 15) is 4.79 Å². The van der Waals surface area contributed by atoms with E-state index in [-0.39, 0.29) is 5.78 Å².